The van der Waals surface area contributed by atoms with E-state index < -0.39 is 0 Å². The van der Waals surface area contributed by atoms with Crippen LogP contribution in [0, 0.1) is 0 Å². The minimum absolute atomic E-state index is 0. The van der Waals surface area contributed by atoms with Gasteiger partial charge in [-0.05, 0) is 50.1 Å². The smallest absolute Gasteiger partial charge is 0.278 e. The Morgan fingerprint density at radius 1 is 1.18 bits per heavy atom. The molecule has 0 saturated carbocycles. The van der Waals surface area contributed by atoms with Crippen LogP contribution in [0.5, 0.6) is 0 Å². The van der Waals surface area contributed by atoms with Crippen molar-refractivity contribution < 1.29 is 0 Å². The predicted molar refractivity (Wildman–Crippen MR) is 140 cm³/mol. The molecule has 5 rings (SSSR count). The molecule has 0 bridgehead atoms. The van der Waals surface area contributed by atoms with Crippen molar-refractivity contribution in [2.75, 3.05) is 11.9 Å². The van der Waals surface area contributed by atoms with Crippen LogP contribution in [-0.4, -0.2) is 30.9 Å². The third-order valence-corrected chi connectivity index (χ3v) is 6.72. The average molecular weight is 500 g/mol. The maximum atomic E-state index is 13.2. The first kappa shape index (κ1) is 24.4. The summed E-state index contributed by atoms with van der Waals surface area (Å²) in [6, 6.07) is 6.29. The highest BCUT2D eigenvalue weighted by molar-refractivity contribution is 7.12. The Balaban J connectivity index is 0.00000274. The Kier molecular flexibility index (Phi) is 6.54. The van der Waals surface area contributed by atoms with Crippen LogP contribution in [-0.2, 0) is 18.4 Å². The molecular weight excluding hydrogens is 470 g/mol. The molecule has 0 amide bonds. The van der Waals surface area contributed by atoms with Crippen LogP contribution in [0.2, 0.25) is 0 Å². The van der Waals surface area contributed by atoms with Gasteiger partial charge in [-0.3, -0.25) is 4.79 Å². The molecule has 1 aliphatic heterocycles. The van der Waals surface area contributed by atoms with Crippen molar-refractivity contribution >= 4 is 46.4 Å². The zero-order chi connectivity index (χ0) is 23.3. The van der Waals surface area contributed by atoms with E-state index in [0.717, 1.165) is 36.0 Å². The molecule has 0 radical (unpaired) electrons. The molecule has 2 N–H and O–H groups in total. The second-order valence-electron chi connectivity index (χ2n) is 9.79. The highest BCUT2D eigenvalue weighted by atomic mass is 35.5. The number of aromatic nitrogens is 5. The number of fused-ring (bicyclic) bond motifs is 2. The van der Waals surface area contributed by atoms with Crippen molar-refractivity contribution in [3.05, 3.63) is 57.0 Å². The van der Waals surface area contributed by atoms with Crippen molar-refractivity contribution in [3.63, 3.8) is 0 Å². The predicted octanol–water partition coefficient (Wildman–Crippen LogP) is 4.73. The topological polar surface area (TPSA) is 89.7 Å². The molecule has 8 nitrogen and oxygen atoms in total. The molecule has 10 heteroatoms. The zero-order valence-electron chi connectivity index (χ0n) is 20.0. The van der Waals surface area contributed by atoms with E-state index in [2.05, 4.69) is 60.0 Å². The van der Waals surface area contributed by atoms with E-state index in [0.29, 0.717) is 17.0 Å². The van der Waals surface area contributed by atoms with Gasteiger partial charge in [0.1, 0.15) is 5.39 Å². The van der Waals surface area contributed by atoms with Crippen molar-refractivity contribution in [3.8, 4) is 5.13 Å². The molecule has 0 unspecified atom stereocenters. The first-order chi connectivity index (χ1) is 15.7. The van der Waals surface area contributed by atoms with Crippen molar-refractivity contribution in [1.82, 2.24) is 29.6 Å². The number of hydrogen-bond acceptors (Lipinski definition) is 7. The van der Waals surface area contributed by atoms with Crippen LogP contribution in [0.4, 0.5) is 11.6 Å². The van der Waals surface area contributed by atoms with Gasteiger partial charge in [-0.15, -0.1) is 23.7 Å². The summed E-state index contributed by atoms with van der Waals surface area (Å²) >= 11 is 1.52. The van der Waals surface area contributed by atoms with E-state index in [1.54, 1.807) is 10.9 Å². The SMILES string of the molecule is CC(C)n1c(=O)c2cnc(Nc3ccc4c(c3)CNCC4)nc2n1-c1nc(C(C)(C)C)cs1.Cl. The first-order valence-corrected chi connectivity index (χ1v) is 12.2. The molecule has 0 spiro atoms. The fraction of sp³-hybridized carbons (Fsp3) is 0.417. The fourth-order valence-electron chi connectivity index (χ4n) is 4.10. The van der Waals surface area contributed by atoms with Crippen molar-refractivity contribution in [2.24, 2.45) is 0 Å². The summed E-state index contributed by atoms with van der Waals surface area (Å²) in [6.07, 6.45) is 2.65. The summed E-state index contributed by atoms with van der Waals surface area (Å²) < 4.78 is 3.55. The molecule has 1 aliphatic rings. The Morgan fingerprint density at radius 2 is 1.97 bits per heavy atom. The second kappa shape index (κ2) is 9.13. The summed E-state index contributed by atoms with van der Waals surface area (Å²) in [5, 5.41) is 9.99. The van der Waals surface area contributed by atoms with E-state index in [1.165, 1.54) is 22.5 Å². The van der Waals surface area contributed by atoms with Gasteiger partial charge >= 0.3 is 0 Å². The molecule has 34 heavy (non-hydrogen) atoms. The lowest BCUT2D eigenvalue weighted by Gasteiger charge is -2.18. The van der Waals surface area contributed by atoms with Crippen molar-refractivity contribution in [1.29, 1.82) is 0 Å². The van der Waals surface area contributed by atoms with Gasteiger partial charge in [-0.25, -0.2) is 19.3 Å². The van der Waals surface area contributed by atoms with E-state index in [-0.39, 0.29) is 29.4 Å². The quantitative estimate of drug-likeness (QED) is 0.422. The number of hydrogen-bond donors (Lipinski definition) is 2. The molecule has 3 aromatic heterocycles. The number of benzene rings is 1. The van der Waals surface area contributed by atoms with Gasteiger partial charge < -0.3 is 10.6 Å². The molecule has 0 atom stereocenters. The Hall–Kier alpha value is -2.75. The highest BCUT2D eigenvalue weighted by Crippen LogP contribution is 2.28. The van der Waals surface area contributed by atoms with Crippen LogP contribution in [0.25, 0.3) is 16.2 Å². The number of halogens is 1. The molecule has 1 aromatic carbocycles. The van der Waals surface area contributed by atoms with Crippen LogP contribution in [0.15, 0.2) is 34.6 Å². The maximum Gasteiger partial charge on any atom is 0.278 e. The van der Waals surface area contributed by atoms with E-state index in [4.69, 9.17) is 9.97 Å². The molecule has 4 aromatic rings. The number of thiazole rings is 1. The Morgan fingerprint density at radius 3 is 2.68 bits per heavy atom. The molecule has 4 heterocycles. The largest absolute Gasteiger partial charge is 0.324 e. The fourth-order valence-corrected chi connectivity index (χ4v) is 5.15. The van der Waals surface area contributed by atoms with E-state index >= 15 is 0 Å². The Bertz CT molecular complexity index is 1400. The van der Waals surface area contributed by atoms with Gasteiger partial charge in [-0.1, -0.05) is 26.8 Å². The number of anilines is 2. The van der Waals surface area contributed by atoms with Gasteiger partial charge in [-0.2, -0.15) is 4.98 Å². The zero-order valence-corrected chi connectivity index (χ0v) is 21.7. The van der Waals surface area contributed by atoms with Crippen molar-refractivity contribution in [2.45, 2.75) is 59.0 Å². The standard InChI is InChI=1S/C24H29N7OS.ClH/c1-14(2)30-21(32)18-12-26-22(27-17-7-6-15-8-9-25-11-16(15)10-17)29-20(18)31(30)23-28-19(13-33-23)24(3,4)5;/h6-7,10,12-14,25H,8-9,11H2,1-5H3,(H,26,27,29);1H. The van der Waals surface area contributed by atoms with E-state index in [9.17, 15) is 4.79 Å². The molecule has 180 valence electrons. The van der Waals surface area contributed by atoms with Gasteiger partial charge in [0.05, 0.1) is 5.69 Å². The lowest BCUT2D eigenvalue weighted by atomic mass is 9.93. The van der Waals surface area contributed by atoms with Gasteiger partial charge in [0.25, 0.3) is 5.56 Å². The number of rotatable bonds is 4. The second-order valence-corrected chi connectivity index (χ2v) is 10.6. The maximum absolute atomic E-state index is 13.2. The molecule has 0 aliphatic carbocycles. The minimum Gasteiger partial charge on any atom is -0.324 e. The summed E-state index contributed by atoms with van der Waals surface area (Å²) in [4.78, 5) is 27.3. The third-order valence-electron chi connectivity index (χ3n) is 5.90. The van der Waals surface area contributed by atoms with Crippen LogP contribution in [0.3, 0.4) is 0 Å². The Labute approximate surface area is 208 Å². The van der Waals surface area contributed by atoms with Crippen LogP contribution >= 0.6 is 23.7 Å². The summed E-state index contributed by atoms with van der Waals surface area (Å²) in [6.45, 7) is 12.2. The summed E-state index contributed by atoms with van der Waals surface area (Å²) in [5.74, 6) is 0.452. The summed E-state index contributed by atoms with van der Waals surface area (Å²) in [7, 11) is 0. The third kappa shape index (κ3) is 4.35. The summed E-state index contributed by atoms with van der Waals surface area (Å²) in [5.41, 5.74) is 4.94. The minimum atomic E-state index is -0.112. The monoisotopic (exact) mass is 499 g/mol. The van der Waals surface area contributed by atoms with Gasteiger partial charge in [0.15, 0.2) is 5.65 Å². The van der Waals surface area contributed by atoms with Gasteiger partial charge in [0, 0.05) is 35.3 Å². The average Bonchev–Trinajstić information content (AvgIpc) is 3.37. The van der Waals surface area contributed by atoms with Crippen LogP contribution in [0.1, 0.15) is 57.5 Å². The molecule has 0 saturated heterocycles. The highest BCUT2D eigenvalue weighted by Gasteiger charge is 2.24. The van der Waals surface area contributed by atoms with E-state index in [1.807, 2.05) is 18.5 Å². The molecular formula is C24H30ClN7OS. The lowest BCUT2D eigenvalue weighted by Crippen LogP contribution is -2.24. The molecule has 0 fully saturated rings. The first-order valence-electron chi connectivity index (χ1n) is 11.3. The lowest BCUT2D eigenvalue weighted by molar-refractivity contribution is 0.473. The number of nitrogens with one attached hydrogen (secondary N) is 2. The normalized spacial score (nSPS) is 13.7. The van der Waals surface area contributed by atoms with Crippen LogP contribution < -0.4 is 16.2 Å². The number of nitrogens with zero attached hydrogens (tertiary/aromatic N) is 5. The van der Waals surface area contributed by atoms with Gasteiger partial charge in [0.2, 0.25) is 11.1 Å².